The van der Waals surface area contributed by atoms with Gasteiger partial charge in [0.1, 0.15) is 0 Å². The Morgan fingerprint density at radius 1 is 1.22 bits per heavy atom. The molecule has 2 aliphatic rings. The molecular formula is C13H18F2N2O. The van der Waals surface area contributed by atoms with Crippen molar-refractivity contribution in [1.82, 2.24) is 5.32 Å². The first-order valence-electron chi connectivity index (χ1n) is 6.60. The van der Waals surface area contributed by atoms with Crippen molar-refractivity contribution in [2.24, 2.45) is 11.8 Å². The van der Waals surface area contributed by atoms with E-state index in [0.717, 1.165) is 19.3 Å². The fraction of sp³-hybridized carbons (Fsp3) is 0.846. The topological polar surface area (TPSA) is 52.9 Å². The molecular weight excluding hydrogens is 238 g/mol. The first-order valence-corrected chi connectivity index (χ1v) is 6.60. The van der Waals surface area contributed by atoms with Crippen LogP contribution in [-0.4, -0.2) is 17.9 Å². The van der Waals surface area contributed by atoms with Crippen LogP contribution in [0.4, 0.5) is 8.78 Å². The van der Waals surface area contributed by atoms with Gasteiger partial charge in [0.15, 0.2) is 0 Å². The molecule has 0 aromatic rings. The number of carbonyl (C=O) groups is 1. The van der Waals surface area contributed by atoms with Gasteiger partial charge in [-0.1, -0.05) is 0 Å². The SMILES string of the molecule is N#CC1CCCC1NC(=O)C1CCC(F)(F)CC1. The van der Waals surface area contributed by atoms with Crippen molar-refractivity contribution in [3.8, 4) is 6.07 Å². The number of halogens is 2. The standard InChI is InChI=1S/C13H18F2N2O/c14-13(15)6-4-9(5-7-13)12(18)17-11-3-1-2-10(11)8-16/h9-11H,1-7H2,(H,17,18). The summed E-state index contributed by atoms with van der Waals surface area (Å²) < 4.78 is 26.0. The van der Waals surface area contributed by atoms with Crippen molar-refractivity contribution >= 4 is 5.91 Å². The lowest BCUT2D eigenvalue weighted by atomic mass is 9.86. The Morgan fingerprint density at radius 3 is 2.50 bits per heavy atom. The van der Waals surface area contributed by atoms with Gasteiger partial charge >= 0.3 is 0 Å². The molecule has 0 spiro atoms. The molecule has 2 fully saturated rings. The second-order valence-corrected chi connectivity index (χ2v) is 5.41. The molecule has 100 valence electrons. The number of rotatable bonds is 2. The van der Waals surface area contributed by atoms with Gasteiger partial charge in [-0.15, -0.1) is 0 Å². The molecule has 0 saturated heterocycles. The third kappa shape index (κ3) is 2.98. The van der Waals surface area contributed by atoms with Crippen LogP contribution in [0.25, 0.3) is 0 Å². The van der Waals surface area contributed by atoms with Gasteiger partial charge in [0, 0.05) is 24.8 Å². The second kappa shape index (κ2) is 5.21. The van der Waals surface area contributed by atoms with Gasteiger partial charge in [-0.25, -0.2) is 8.78 Å². The lowest BCUT2D eigenvalue weighted by molar-refractivity contribution is -0.130. The molecule has 2 rings (SSSR count). The predicted octanol–water partition coefficient (Wildman–Crippen LogP) is 2.62. The number of carbonyl (C=O) groups excluding carboxylic acids is 1. The Bertz CT molecular complexity index is 354. The van der Waals surface area contributed by atoms with Crippen molar-refractivity contribution in [3.05, 3.63) is 0 Å². The molecule has 0 heterocycles. The average molecular weight is 256 g/mol. The van der Waals surface area contributed by atoms with E-state index in [-0.39, 0.29) is 49.5 Å². The van der Waals surface area contributed by atoms with E-state index in [2.05, 4.69) is 11.4 Å². The van der Waals surface area contributed by atoms with Crippen LogP contribution >= 0.6 is 0 Å². The number of amides is 1. The lowest BCUT2D eigenvalue weighted by Gasteiger charge is -2.28. The van der Waals surface area contributed by atoms with E-state index in [4.69, 9.17) is 5.26 Å². The normalized spacial score (nSPS) is 31.8. The van der Waals surface area contributed by atoms with Gasteiger partial charge in [0.2, 0.25) is 11.8 Å². The minimum absolute atomic E-state index is 0.0788. The molecule has 0 bridgehead atoms. The minimum atomic E-state index is -2.60. The Hall–Kier alpha value is -1.18. The van der Waals surface area contributed by atoms with Crippen LogP contribution in [0.3, 0.4) is 0 Å². The van der Waals surface area contributed by atoms with E-state index in [1.165, 1.54) is 0 Å². The Balaban J connectivity index is 1.84. The molecule has 2 saturated carbocycles. The van der Waals surface area contributed by atoms with E-state index < -0.39 is 5.92 Å². The number of nitriles is 1. The summed E-state index contributed by atoms with van der Waals surface area (Å²) in [7, 11) is 0. The van der Waals surface area contributed by atoms with E-state index >= 15 is 0 Å². The molecule has 0 aromatic carbocycles. The third-order valence-electron chi connectivity index (χ3n) is 4.10. The summed E-state index contributed by atoms with van der Waals surface area (Å²) >= 11 is 0. The second-order valence-electron chi connectivity index (χ2n) is 5.41. The summed E-state index contributed by atoms with van der Waals surface area (Å²) in [5.41, 5.74) is 0. The van der Waals surface area contributed by atoms with Crippen molar-refractivity contribution in [1.29, 1.82) is 5.26 Å². The van der Waals surface area contributed by atoms with Gasteiger partial charge in [-0.2, -0.15) is 5.26 Å². The van der Waals surface area contributed by atoms with E-state index in [0.29, 0.717) is 0 Å². The van der Waals surface area contributed by atoms with Gasteiger partial charge in [0.05, 0.1) is 12.0 Å². The van der Waals surface area contributed by atoms with Crippen LogP contribution < -0.4 is 5.32 Å². The first kappa shape index (κ1) is 13.3. The fourth-order valence-corrected chi connectivity index (χ4v) is 2.89. The summed E-state index contributed by atoms with van der Waals surface area (Å²) in [6, 6.07) is 2.12. The molecule has 0 aromatic heterocycles. The molecule has 0 radical (unpaired) electrons. The molecule has 0 aliphatic heterocycles. The largest absolute Gasteiger partial charge is 0.352 e. The summed E-state index contributed by atoms with van der Waals surface area (Å²) in [6.07, 6.45) is 2.71. The smallest absolute Gasteiger partial charge is 0.248 e. The first-order chi connectivity index (χ1) is 8.52. The summed E-state index contributed by atoms with van der Waals surface area (Å²) in [5, 5.41) is 11.8. The molecule has 1 N–H and O–H groups in total. The summed E-state index contributed by atoms with van der Waals surface area (Å²) in [5.74, 6) is -3.15. The maximum absolute atomic E-state index is 13.0. The molecule has 18 heavy (non-hydrogen) atoms. The van der Waals surface area contributed by atoms with Crippen molar-refractivity contribution in [3.63, 3.8) is 0 Å². The predicted molar refractivity (Wildman–Crippen MR) is 61.8 cm³/mol. The molecule has 5 heteroatoms. The van der Waals surface area contributed by atoms with Crippen LogP contribution in [-0.2, 0) is 4.79 Å². The van der Waals surface area contributed by atoms with Gasteiger partial charge < -0.3 is 5.32 Å². The van der Waals surface area contributed by atoms with Gasteiger partial charge in [-0.05, 0) is 32.1 Å². The summed E-state index contributed by atoms with van der Waals surface area (Å²) in [4.78, 5) is 12.0. The molecule has 2 atom stereocenters. The van der Waals surface area contributed by atoms with Crippen LogP contribution in [0.15, 0.2) is 0 Å². The third-order valence-corrected chi connectivity index (χ3v) is 4.10. The van der Waals surface area contributed by atoms with Gasteiger partial charge in [0.25, 0.3) is 0 Å². The molecule has 2 unspecified atom stereocenters. The Labute approximate surface area is 106 Å². The number of alkyl halides is 2. The fourth-order valence-electron chi connectivity index (χ4n) is 2.89. The highest BCUT2D eigenvalue weighted by molar-refractivity contribution is 5.79. The number of nitrogens with zero attached hydrogens (tertiary/aromatic N) is 1. The van der Waals surface area contributed by atoms with E-state index in [1.807, 2.05) is 0 Å². The Morgan fingerprint density at radius 2 is 1.89 bits per heavy atom. The monoisotopic (exact) mass is 256 g/mol. The summed E-state index contributed by atoms with van der Waals surface area (Å²) in [6.45, 7) is 0. The van der Waals surface area contributed by atoms with Crippen LogP contribution in [0.5, 0.6) is 0 Å². The zero-order valence-corrected chi connectivity index (χ0v) is 10.3. The highest BCUT2D eigenvalue weighted by Crippen LogP contribution is 2.36. The zero-order valence-electron chi connectivity index (χ0n) is 10.3. The van der Waals surface area contributed by atoms with Gasteiger partial charge in [-0.3, -0.25) is 4.79 Å². The van der Waals surface area contributed by atoms with Crippen LogP contribution in [0.1, 0.15) is 44.9 Å². The highest BCUT2D eigenvalue weighted by atomic mass is 19.3. The van der Waals surface area contributed by atoms with Crippen molar-refractivity contribution in [2.75, 3.05) is 0 Å². The number of nitrogens with one attached hydrogen (secondary N) is 1. The van der Waals surface area contributed by atoms with E-state index in [9.17, 15) is 13.6 Å². The van der Waals surface area contributed by atoms with Crippen molar-refractivity contribution in [2.45, 2.75) is 56.9 Å². The lowest BCUT2D eigenvalue weighted by Crippen LogP contribution is -2.42. The highest BCUT2D eigenvalue weighted by Gasteiger charge is 2.38. The maximum Gasteiger partial charge on any atom is 0.248 e. The van der Waals surface area contributed by atoms with E-state index in [1.54, 1.807) is 0 Å². The quantitative estimate of drug-likeness (QED) is 0.825. The molecule has 2 aliphatic carbocycles. The molecule has 3 nitrogen and oxygen atoms in total. The number of hydrogen-bond donors (Lipinski definition) is 1. The average Bonchev–Trinajstić information content (AvgIpc) is 2.76. The Kier molecular flexibility index (Phi) is 3.84. The zero-order chi connectivity index (χ0) is 13.2. The maximum atomic E-state index is 13.0. The molecule has 1 amide bonds. The minimum Gasteiger partial charge on any atom is -0.352 e. The van der Waals surface area contributed by atoms with Crippen molar-refractivity contribution < 1.29 is 13.6 Å². The number of hydrogen-bond acceptors (Lipinski definition) is 2. The van der Waals surface area contributed by atoms with Crippen LogP contribution in [0.2, 0.25) is 0 Å². The van der Waals surface area contributed by atoms with Crippen LogP contribution in [0, 0.1) is 23.2 Å².